The Morgan fingerprint density at radius 3 is 2.95 bits per heavy atom. The molecule has 3 aliphatic rings. The highest BCUT2D eigenvalue weighted by molar-refractivity contribution is 6.00. The maximum atomic E-state index is 5.69. The predicted molar refractivity (Wildman–Crippen MR) is 71.2 cm³/mol. The Hall–Kier alpha value is -1.32. The van der Waals surface area contributed by atoms with E-state index in [0.717, 1.165) is 37.1 Å². The van der Waals surface area contributed by atoms with E-state index in [1.807, 2.05) is 6.92 Å². The standard InChI is InChI=1S/C15H20N2O2/c1-9-10-5-4-7-15(12(10)16-18-9)8-6-11-13(15)17-19-14(11,2)3/h11H,4-8H2,1-3H3/t11-,15-/m1/s1. The van der Waals surface area contributed by atoms with Crippen LogP contribution in [0.15, 0.2) is 9.68 Å². The van der Waals surface area contributed by atoms with Crippen LogP contribution in [0.2, 0.25) is 0 Å². The van der Waals surface area contributed by atoms with Gasteiger partial charge in [0.1, 0.15) is 11.4 Å². The van der Waals surface area contributed by atoms with E-state index in [1.54, 1.807) is 0 Å². The van der Waals surface area contributed by atoms with Gasteiger partial charge in [-0.25, -0.2) is 0 Å². The third-order valence-corrected chi connectivity index (χ3v) is 5.37. The lowest BCUT2D eigenvalue weighted by atomic mass is 9.69. The van der Waals surface area contributed by atoms with Crippen molar-refractivity contribution in [3.8, 4) is 0 Å². The van der Waals surface area contributed by atoms with Gasteiger partial charge in [-0.3, -0.25) is 0 Å². The molecular weight excluding hydrogens is 240 g/mol. The molecule has 4 rings (SSSR count). The second-order valence-electron chi connectivity index (χ2n) is 6.76. The van der Waals surface area contributed by atoms with Crippen molar-refractivity contribution in [1.29, 1.82) is 0 Å². The van der Waals surface area contributed by atoms with Crippen LogP contribution >= 0.6 is 0 Å². The maximum absolute atomic E-state index is 5.69. The molecule has 1 saturated carbocycles. The minimum absolute atomic E-state index is 0.00375. The summed E-state index contributed by atoms with van der Waals surface area (Å²) < 4.78 is 5.46. The van der Waals surface area contributed by atoms with Gasteiger partial charge in [0.25, 0.3) is 0 Å². The predicted octanol–water partition coefficient (Wildman–Crippen LogP) is 3.13. The summed E-state index contributed by atoms with van der Waals surface area (Å²) in [6.45, 7) is 6.31. The lowest BCUT2D eigenvalue weighted by Crippen LogP contribution is -2.39. The molecule has 1 fully saturated rings. The fourth-order valence-corrected chi connectivity index (χ4v) is 4.29. The van der Waals surface area contributed by atoms with E-state index in [2.05, 4.69) is 24.2 Å². The smallest absolute Gasteiger partial charge is 0.140 e. The van der Waals surface area contributed by atoms with Crippen LogP contribution in [-0.4, -0.2) is 16.5 Å². The molecule has 0 amide bonds. The van der Waals surface area contributed by atoms with Crippen molar-refractivity contribution in [1.82, 2.24) is 5.16 Å². The highest BCUT2D eigenvalue weighted by Crippen LogP contribution is 2.54. The van der Waals surface area contributed by atoms with E-state index in [1.165, 1.54) is 17.7 Å². The minimum atomic E-state index is -0.158. The molecule has 0 radical (unpaired) electrons. The van der Waals surface area contributed by atoms with Gasteiger partial charge in [-0.05, 0) is 52.9 Å². The van der Waals surface area contributed by atoms with E-state index in [4.69, 9.17) is 9.36 Å². The van der Waals surface area contributed by atoms with Crippen LogP contribution in [0.4, 0.5) is 0 Å². The van der Waals surface area contributed by atoms with Crippen molar-refractivity contribution in [2.24, 2.45) is 11.1 Å². The zero-order chi connectivity index (χ0) is 13.3. The third kappa shape index (κ3) is 1.30. The molecule has 19 heavy (non-hydrogen) atoms. The van der Waals surface area contributed by atoms with E-state index in [9.17, 15) is 0 Å². The Morgan fingerprint density at radius 2 is 2.11 bits per heavy atom. The van der Waals surface area contributed by atoms with Crippen molar-refractivity contribution in [2.45, 2.75) is 63.9 Å². The molecule has 0 N–H and O–H groups in total. The van der Waals surface area contributed by atoms with Crippen molar-refractivity contribution in [3.05, 3.63) is 17.0 Å². The molecular formula is C15H20N2O2. The number of fused-ring (bicyclic) bond motifs is 4. The molecule has 1 aromatic heterocycles. The van der Waals surface area contributed by atoms with Crippen LogP contribution in [0.1, 0.15) is 56.5 Å². The fourth-order valence-electron chi connectivity index (χ4n) is 4.29. The van der Waals surface area contributed by atoms with Gasteiger partial charge in [0.2, 0.25) is 0 Å². The summed E-state index contributed by atoms with van der Waals surface area (Å²) in [4.78, 5) is 5.69. The molecule has 1 aromatic rings. The van der Waals surface area contributed by atoms with Crippen molar-refractivity contribution in [3.63, 3.8) is 0 Å². The first-order chi connectivity index (χ1) is 9.05. The summed E-state index contributed by atoms with van der Waals surface area (Å²) >= 11 is 0. The minimum Gasteiger partial charge on any atom is -0.389 e. The van der Waals surface area contributed by atoms with Gasteiger partial charge >= 0.3 is 0 Å². The van der Waals surface area contributed by atoms with Crippen LogP contribution < -0.4 is 0 Å². The largest absolute Gasteiger partial charge is 0.389 e. The average molecular weight is 260 g/mol. The van der Waals surface area contributed by atoms with Crippen molar-refractivity contribution < 1.29 is 9.36 Å². The first-order valence-corrected chi connectivity index (χ1v) is 7.27. The number of hydrogen-bond donors (Lipinski definition) is 0. The number of hydrogen-bond acceptors (Lipinski definition) is 4. The third-order valence-electron chi connectivity index (χ3n) is 5.37. The second kappa shape index (κ2) is 3.41. The van der Waals surface area contributed by atoms with Crippen molar-refractivity contribution >= 4 is 5.71 Å². The molecule has 2 aliphatic carbocycles. The zero-order valence-electron chi connectivity index (χ0n) is 11.8. The normalized spacial score (nSPS) is 34.9. The Labute approximate surface area is 113 Å². The summed E-state index contributed by atoms with van der Waals surface area (Å²) in [5.74, 6) is 1.42. The van der Waals surface area contributed by atoms with Crippen LogP contribution in [-0.2, 0) is 16.7 Å². The number of aromatic nitrogens is 1. The van der Waals surface area contributed by atoms with E-state index in [0.29, 0.717) is 5.92 Å². The average Bonchev–Trinajstić information content (AvgIpc) is 3.00. The molecule has 1 aliphatic heterocycles. The van der Waals surface area contributed by atoms with E-state index >= 15 is 0 Å². The molecule has 0 aromatic carbocycles. The Morgan fingerprint density at radius 1 is 1.26 bits per heavy atom. The summed E-state index contributed by atoms with van der Waals surface area (Å²) in [6.07, 6.45) is 5.72. The molecule has 1 spiro atoms. The first-order valence-electron chi connectivity index (χ1n) is 7.27. The SMILES string of the molecule is Cc1onc2c1CCC[C@@]21CC[C@@H]2C1=NOC2(C)C. The summed E-state index contributed by atoms with van der Waals surface area (Å²) in [5, 5.41) is 8.86. The first kappa shape index (κ1) is 11.5. The van der Waals surface area contributed by atoms with E-state index in [-0.39, 0.29) is 11.0 Å². The van der Waals surface area contributed by atoms with Gasteiger partial charge in [-0.1, -0.05) is 10.3 Å². The Kier molecular flexibility index (Phi) is 2.06. The molecule has 4 nitrogen and oxygen atoms in total. The van der Waals surface area contributed by atoms with Gasteiger partial charge in [-0.15, -0.1) is 0 Å². The lowest BCUT2D eigenvalue weighted by molar-refractivity contribution is -0.0162. The second-order valence-corrected chi connectivity index (χ2v) is 6.76. The summed E-state index contributed by atoms with van der Waals surface area (Å²) in [7, 11) is 0. The van der Waals surface area contributed by atoms with Gasteiger partial charge in [0, 0.05) is 11.5 Å². The summed E-state index contributed by atoms with van der Waals surface area (Å²) in [5.41, 5.74) is 3.55. The molecule has 2 heterocycles. The molecule has 0 unspecified atom stereocenters. The molecule has 2 atom stereocenters. The Bertz CT molecular complexity index is 573. The topological polar surface area (TPSA) is 47.6 Å². The zero-order valence-corrected chi connectivity index (χ0v) is 11.8. The number of aryl methyl sites for hydroxylation is 1. The number of oxime groups is 1. The van der Waals surface area contributed by atoms with Gasteiger partial charge in [0.05, 0.1) is 16.8 Å². The van der Waals surface area contributed by atoms with Crippen LogP contribution in [0.25, 0.3) is 0 Å². The number of rotatable bonds is 0. The molecule has 102 valence electrons. The van der Waals surface area contributed by atoms with Crippen molar-refractivity contribution in [2.75, 3.05) is 0 Å². The lowest BCUT2D eigenvalue weighted by Gasteiger charge is -2.31. The molecule has 4 heteroatoms. The number of nitrogens with zero attached hydrogens (tertiary/aromatic N) is 2. The highest BCUT2D eigenvalue weighted by Gasteiger charge is 2.58. The quantitative estimate of drug-likeness (QED) is 0.720. The van der Waals surface area contributed by atoms with Crippen LogP contribution in [0.5, 0.6) is 0 Å². The van der Waals surface area contributed by atoms with Crippen LogP contribution in [0, 0.1) is 12.8 Å². The molecule has 0 saturated heterocycles. The Balaban J connectivity index is 1.85. The monoisotopic (exact) mass is 260 g/mol. The maximum Gasteiger partial charge on any atom is 0.140 e. The van der Waals surface area contributed by atoms with Gasteiger partial charge in [0.15, 0.2) is 0 Å². The van der Waals surface area contributed by atoms with Crippen LogP contribution in [0.3, 0.4) is 0 Å². The van der Waals surface area contributed by atoms with Gasteiger partial charge < -0.3 is 9.36 Å². The van der Waals surface area contributed by atoms with Gasteiger partial charge in [-0.2, -0.15) is 0 Å². The fraction of sp³-hybridized carbons (Fsp3) is 0.733. The van der Waals surface area contributed by atoms with E-state index < -0.39 is 0 Å². The molecule has 0 bridgehead atoms. The summed E-state index contributed by atoms with van der Waals surface area (Å²) in [6, 6.07) is 0. The highest BCUT2D eigenvalue weighted by atomic mass is 16.7.